The summed E-state index contributed by atoms with van der Waals surface area (Å²) >= 11 is 6.43. The molecule has 0 aliphatic rings. The number of alkyl halides is 1. The Labute approximate surface area is 192 Å². The maximum atomic E-state index is 13.1. The van der Waals surface area contributed by atoms with Gasteiger partial charge in [-0.05, 0) is 36.2 Å². The van der Waals surface area contributed by atoms with Crippen LogP contribution in [-0.2, 0) is 25.4 Å². The molecule has 0 spiro atoms. The summed E-state index contributed by atoms with van der Waals surface area (Å²) in [6, 6.07) is 18.9. The van der Waals surface area contributed by atoms with Gasteiger partial charge in [0.1, 0.15) is 6.61 Å². The van der Waals surface area contributed by atoms with Gasteiger partial charge in [-0.25, -0.2) is 4.79 Å². The van der Waals surface area contributed by atoms with Gasteiger partial charge >= 0.3 is 5.97 Å². The van der Waals surface area contributed by atoms with Crippen LogP contribution in [0.4, 0.5) is 0 Å². The first kappa shape index (κ1) is 25.3. The van der Waals surface area contributed by atoms with Crippen LogP contribution < -0.4 is 0 Å². The van der Waals surface area contributed by atoms with Crippen LogP contribution in [0.2, 0.25) is 18.1 Å². The fourth-order valence-corrected chi connectivity index (χ4v) is 4.18. The topological polar surface area (TPSA) is 52.6 Å². The predicted octanol–water partition coefficient (Wildman–Crippen LogP) is 6.45. The van der Waals surface area contributed by atoms with E-state index >= 15 is 0 Å². The lowest BCUT2D eigenvalue weighted by Gasteiger charge is -2.39. The maximum absolute atomic E-state index is 13.1. The summed E-state index contributed by atoms with van der Waals surface area (Å²) in [6.45, 7) is 12.2. The molecule has 0 unspecified atom stereocenters. The van der Waals surface area contributed by atoms with Crippen molar-refractivity contribution in [2.75, 3.05) is 0 Å². The van der Waals surface area contributed by atoms with Gasteiger partial charge in [-0.15, -0.1) is 0 Å². The van der Waals surface area contributed by atoms with Gasteiger partial charge in [-0.1, -0.05) is 93.0 Å². The highest BCUT2D eigenvalue weighted by molar-refractivity contribution is 6.74. The van der Waals surface area contributed by atoms with E-state index in [1.165, 1.54) is 6.92 Å². The van der Waals surface area contributed by atoms with E-state index in [2.05, 4.69) is 33.9 Å². The number of esters is 1. The van der Waals surface area contributed by atoms with Gasteiger partial charge in [0.05, 0.1) is 6.10 Å². The van der Waals surface area contributed by atoms with Crippen LogP contribution in [0.25, 0.3) is 0 Å². The van der Waals surface area contributed by atoms with Crippen LogP contribution in [0.15, 0.2) is 60.7 Å². The molecule has 2 aromatic rings. The fraction of sp³-hybridized carbons (Fsp3) is 0.440. The average molecular weight is 461 g/mol. The van der Waals surface area contributed by atoms with Crippen LogP contribution >= 0.6 is 11.6 Å². The molecule has 0 fully saturated rings. The van der Waals surface area contributed by atoms with E-state index in [9.17, 15) is 9.59 Å². The monoisotopic (exact) mass is 460 g/mol. The van der Waals surface area contributed by atoms with Gasteiger partial charge in [0.15, 0.2) is 19.0 Å². The number of Topliss-reactive ketones (excluding diaryl/α,β-unsaturated/α-hetero) is 1. The highest BCUT2D eigenvalue weighted by Gasteiger charge is 2.44. The Kier molecular flexibility index (Phi) is 8.25. The lowest BCUT2D eigenvalue weighted by atomic mass is 9.97. The Morgan fingerprint density at radius 3 is 1.97 bits per heavy atom. The average Bonchev–Trinajstić information content (AvgIpc) is 2.71. The van der Waals surface area contributed by atoms with Gasteiger partial charge in [0.25, 0.3) is 0 Å². The molecule has 0 aromatic heterocycles. The second-order valence-corrected chi connectivity index (χ2v) is 15.0. The molecule has 2 atom stereocenters. The molecule has 0 saturated heterocycles. The molecule has 0 aliphatic carbocycles. The van der Waals surface area contributed by atoms with Crippen LogP contribution in [0.1, 0.15) is 51.3 Å². The van der Waals surface area contributed by atoms with Crippen LogP contribution in [0.3, 0.4) is 0 Å². The van der Waals surface area contributed by atoms with Crippen molar-refractivity contribution >= 4 is 31.7 Å². The van der Waals surface area contributed by atoms with Crippen LogP contribution in [0.5, 0.6) is 0 Å². The number of carbonyl (C=O) groups is 2. The largest absolute Gasteiger partial charge is 0.459 e. The summed E-state index contributed by atoms with van der Waals surface area (Å²) in [7, 11) is -2.17. The van der Waals surface area contributed by atoms with E-state index in [0.29, 0.717) is 0 Å². The van der Waals surface area contributed by atoms with E-state index in [1.54, 1.807) is 0 Å². The molecule has 0 radical (unpaired) electrons. The normalized spacial score (nSPS) is 15.1. The quantitative estimate of drug-likeness (QED) is 0.187. The minimum atomic E-state index is -2.17. The van der Waals surface area contributed by atoms with E-state index in [4.69, 9.17) is 20.8 Å². The summed E-state index contributed by atoms with van der Waals surface area (Å²) in [5, 5.41) is -0.0258. The molecular weight excluding hydrogens is 428 g/mol. The summed E-state index contributed by atoms with van der Waals surface area (Å²) in [5.41, 5.74) is 1.73. The van der Waals surface area contributed by atoms with E-state index < -0.39 is 31.0 Å². The summed E-state index contributed by atoms with van der Waals surface area (Å²) in [6.07, 6.45) is -0.480. The lowest BCUT2D eigenvalue weighted by Crippen LogP contribution is -2.44. The first-order valence-corrected chi connectivity index (χ1v) is 13.8. The molecule has 2 aromatic carbocycles. The Balaban J connectivity index is 2.16. The van der Waals surface area contributed by atoms with Crippen molar-refractivity contribution in [3.05, 3.63) is 71.8 Å². The van der Waals surface area contributed by atoms with Crippen molar-refractivity contribution in [3.63, 3.8) is 0 Å². The Hall–Kier alpha value is -1.95. The molecule has 0 aliphatic heterocycles. The number of ether oxygens (including phenoxy) is 1. The van der Waals surface area contributed by atoms with Crippen molar-refractivity contribution in [2.45, 2.75) is 69.8 Å². The molecular formula is C25H33ClO4Si. The van der Waals surface area contributed by atoms with E-state index in [-0.39, 0.29) is 18.1 Å². The summed E-state index contributed by atoms with van der Waals surface area (Å²) in [5.74, 6) is -1.16. The molecule has 4 nitrogen and oxygen atoms in total. The van der Waals surface area contributed by atoms with Crippen molar-refractivity contribution < 1.29 is 18.8 Å². The van der Waals surface area contributed by atoms with Gasteiger partial charge in [-0.3, -0.25) is 4.79 Å². The number of benzene rings is 2. The maximum Gasteiger partial charge on any atom is 0.334 e. The zero-order chi connectivity index (χ0) is 23.3. The third-order valence-electron chi connectivity index (χ3n) is 5.90. The number of rotatable bonds is 9. The molecule has 6 heteroatoms. The van der Waals surface area contributed by atoms with Gasteiger partial charge in [0.2, 0.25) is 0 Å². The molecule has 31 heavy (non-hydrogen) atoms. The first-order valence-electron chi connectivity index (χ1n) is 10.5. The van der Waals surface area contributed by atoms with Crippen LogP contribution in [0, 0.1) is 0 Å². The number of hydrogen-bond acceptors (Lipinski definition) is 4. The van der Waals surface area contributed by atoms with E-state index in [1.807, 2.05) is 60.7 Å². The first-order chi connectivity index (χ1) is 14.3. The molecule has 0 saturated carbocycles. The number of hydrogen-bond donors (Lipinski definition) is 0. The SMILES string of the molecule is CC(C)(C)[Si](C)(C)O[C@H](CC(=O)[C@](C)(Cl)C(=O)OCc1ccccc1)c1ccccc1. The third-order valence-corrected chi connectivity index (χ3v) is 10.8. The molecule has 0 bridgehead atoms. The lowest BCUT2D eigenvalue weighted by molar-refractivity contribution is -0.151. The van der Waals surface area contributed by atoms with Crippen molar-refractivity contribution in [1.29, 1.82) is 0 Å². The van der Waals surface area contributed by atoms with Crippen molar-refractivity contribution in [2.24, 2.45) is 0 Å². The Bertz CT molecular complexity index is 873. The second kappa shape index (κ2) is 10.1. The van der Waals surface area contributed by atoms with Gasteiger partial charge < -0.3 is 9.16 Å². The molecule has 0 N–H and O–H groups in total. The molecule has 0 heterocycles. The molecule has 2 rings (SSSR count). The zero-order valence-electron chi connectivity index (χ0n) is 19.3. The minimum absolute atomic E-state index is 0.00302. The van der Waals surface area contributed by atoms with Crippen LogP contribution in [-0.4, -0.2) is 24.9 Å². The second-order valence-electron chi connectivity index (χ2n) is 9.47. The Morgan fingerprint density at radius 2 is 1.45 bits per heavy atom. The standard InChI is InChI=1S/C25H33ClO4Si/c1-24(2,3)31(5,6)30-21(20-15-11-8-12-16-20)17-22(27)25(4,26)23(28)29-18-19-13-9-7-10-14-19/h7-16,21H,17-18H2,1-6H3/t21-,25+/m1/s1. The molecule has 168 valence electrons. The predicted molar refractivity (Wildman–Crippen MR) is 128 cm³/mol. The fourth-order valence-electron chi connectivity index (χ4n) is 2.76. The number of carbonyl (C=O) groups excluding carboxylic acids is 2. The third kappa shape index (κ3) is 6.76. The zero-order valence-corrected chi connectivity index (χ0v) is 21.0. The minimum Gasteiger partial charge on any atom is -0.459 e. The highest BCUT2D eigenvalue weighted by atomic mass is 35.5. The smallest absolute Gasteiger partial charge is 0.334 e. The summed E-state index contributed by atoms with van der Waals surface area (Å²) in [4.78, 5) is 24.0. The Morgan fingerprint density at radius 1 is 0.935 bits per heavy atom. The van der Waals surface area contributed by atoms with E-state index in [0.717, 1.165) is 11.1 Å². The highest BCUT2D eigenvalue weighted by Crippen LogP contribution is 2.41. The van der Waals surface area contributed by atoms with Gasteiger partial charge in [0, 0.05) is 6.42 Å². The number of ketones is 1. The summed E-state index contributed by atoms with van der Waals surface area (Å²) < 4.78 is 11.9. The van der Waals surface area contributed by atoms with Crippen molar-refractivity contribution in [1.82, 2.24) is 0 Å². The van der Waals surface area contributed by atoms with Gasteiger partial charge in [-0.2, -0.15) is 0 Å². The molecule has 0 amide bonds. The number of halogens is 1. The van der Waals surface area contributed by atoms with Crippen molar-refractivity contribution in [3.8, 4) is 0 Å².